The first-order chi connectivity index (χ1) is 12.4. The first-order valence-corrected chi connectivity index (χ1v) is 8.23. The van der Waals surface area contributed by atoms with Crippen LogP contribution in [0.15, 0.2) is 48.5 Å². The highest BCUT2D eigenvalue weighted by Crippen LogP contribution is 2.30. The summed E-state index contributed by atoms with van der Waals surface area (Å²) in [6.07, 6.45) is 0.350. The number of Topliss-reactive ketones (excluding diaryl/α,β-unsaturated/α-hetero) is 1. The zero-order chi connectivity index (χ0) is 18.8. The average molecular weight is 356 g/mol. The fraction of sp³-hybridized carbons (Fsp3) is 0.278. The van der Waals surface area contributed by atoms with E-state index >= 15 is 0 Å². The predicted octanol–water partition coefficient (Wildman–Crippen LogP) is 2.46. The van der Waals surface area contributed by atoms with E-state index in [0.29, 0.717) is 6.42 Å². The molecule has 0 aliphatic carbocycles. The summed E-state index contributed by atoms with van der Waals surface area (Å²) in [7, 11) is 0. The van der Waals surface area contributed by atoms with Gasteiger partial charge in [-0.25, -0.2) is 0 Å². The molecule has 2 aromatic rings. The van der Waals surface area contributed by atoms with Crippen molar-refractivity contribution >= 4 is 17.2 Å². The van der Waals surface area contributed by atoms with Crippen LogP contribution in [0.25, 0.3) is 0 Å². The molecular formula is C18H18N3O5+. The molecule has 1 aliphatic rings. The van der Waals surface area contributed by atoms with E-state index in [9.17, 15) is 25.0 Å². The van der Waals surface area contributed by atoms with Gasteiger partial charge in [-0.3, -0.25) is 25.0 Å². The lowest BCUT2D eigenvalue weighted by Crippen LogP contribution is -2.90. The zero-order valence-electron chi connectivity index (χ0n) is 14.1. The Balaban J connectivity index is 1.85. The molecule has 2 N–H and O–H groups in total. The lowest BCUT2D eigenvalue weighted by atomic mass is 9.82. The highest BCUT2D eigenvalue weighted by molar-refractivity contribution is 5.82. The number of hydrogen-bond donors (Lipinski definition) is 1. The molecule has 0 bridgehead atoms. The van der Waals surface area contributed by atoms with E-state index in [1.807, 2.05) is 6.92 Å². The Morgan fingerprint density at radius 1 is 0.885 bits per heavy atom. The Morgan fingerprint density at radius 3 is 1.81 bits per heavy atom. The van der Waals surface area contributed by atoms with Gasteiger partial charge in [0.1, 0.15) is 17.9 Å². The molecule has 1 heterocycles. The second-order valence-corrected chi connectivity index (χ2v) is 6.48. The monoisotopic (exact) mass is 356 g/mol. The van der Waals surface area contributed by atoms with Gasteiger partial charge in [0.25, 0.3) is 11.4 Å². The molecule has 0 saturated carbocycles. The molecule has 0 unspecified atom stereocenters. The van der Waals surface area contributed by atoms with Crippen LogP contribution in [-0.2, 0) is 4.79 Å². The van der Waals surface area contributed by atoms with Gasteiger partial charge in [0.15, 0.2) is 0 Å². The van der Waals surface area contributed by atoms with Gasteiger partial charge in [0, 0.05) is 35.4 Å². The molecule has 3 atom stereocenters. The maximum Gasteiger partial charge on any atom is 0.269 e. The second kappa shape index (κ2) is 7.01. The van der Waals surface area contributed by atoms with Gasteiger partial charge in [0.2, 0.25) is 0 Å². The van der Waals surface area contributed by atoms with E-state index in [-0.39, 0.29) is 35.2 Å². The first-order valence-electron chi connectivity index (χ1n) is 8.23. The van der Waals surface area contributed by atoms with Crippen LogP contribution in [0.4, 0.5) is 11.4 Å². The number of benzene rings is 2. The number of nitrogens with two attached hydrogens (primary N) is 1. The van der Waals surface area contributed by atoms with Crippen molar-refractivity contribution in [3.63, 3.8) is 0 Å². The summed E-state index contributed by atoms with van der Waals surface area (Å²) in [4.78, 5) is 33.2. The average Bonchev–Trinajstić information content (AvgIpc) is 2.64. The standard InChI is InChI=1S/C18H17N3O5/c1-11-17(22)10-16(12-2-6-14(7-3-12)20(23)24)19-18(11)13-4-8-15(9-5-13)21(25)26/h2-9,11,16,18-19H,10H2,1H3/p+1/t11-,16+,18+/m1/s1. The van der Waals surface area contributed by atoms with Gasteiger partial charge >= 0.3 is 0 Å². The topological polar surface area (TPSA) is 120 Å². The van der Waals surface area contributed by atoms with Crippen LogP contribution in [0.3, 0.4) is 0 Å². The van der Waals surface area contributed by atoms with Crippen LogP contribution < -0.4 is 5.32 Å². The Bertz CT molecular complexity index is 848. The van der Waals surface area contributed by atoms with Crippen LogP contribution in [0.5, 0.6) is 0 Å². The van der Waals surface area contributed by atoms with Crippen molar-refractivity contribution in [1.29, 1.82) is 0 Å². The van der Waals surface area contributed by atoms with E-state index in [1.165, 1.54) is 24.3 Å². The van der Waals surface area contributed by atoms with Crippen molar-refractivity contribution in [2.24, 2.45) is 5.92 Å². The normalized spacial score (nSPS) is 22.8. The molecule has 0 amide bonds. The number of quaternary nitrogens is 1. The van der Waals surface area contributed by atoms with E-state index in [2.05, 4.69) is 5.32 Å². The number of hydrogen-bond acceptors (Lipinski definition) is 5. The number of ketones is 1. The van der Waals surface area contributed by atoms with Gasteiger partial charge in [-0.15, -0.1) is 0 Å². The zero-order valence-corrected chi connectivity index (χ0v) is 14.1. The van der Waals surface area contributed by atoms with Crippen molar-refractivity contribution in [3.05, 3.63) is 79.9 Å². The highest BCUT2D eigenvalue weighted by Gasteiger charge is 2.38. The van der Waals surface area contributed by atoms with E-state index < -0.39 is 9.85 Å². The second-order valence-electron chi connectivity index (χ2n) is 6.48. The number of nitrogens with zero attached hydrogens (tertiary/aromatic N) is 2. The Hall–Kier alpha value is -3.13. The molecule has 0 aromatic heterocycles. The molecule has 1 fully saturated rings. The fourth-order valence-corrected chi connectivity index (χ4v) is 3.38. The summed E-state index contributed by atoms with van der Waals surface area (Å²) in [6.45, 7) is 1.86. The SMILES string of the molecule is C[C@@H]1C(=O)C[C@@H](c2ccc([N+](=O)[O-])cc2)[NH2+][C@@H]1c1ccc([N+](=O)[O-])cc1. The number of non-ortho nitro benzene ring substituents is 2. The molecule has 26 heavy (non-hydrogen) atoms. The van der Waals surface area contributed by atoms with Crippen molar-refractivity contribution < 1.29 is 20.0 Å². The summed E-state index contributed by atoms with van der Waals surface area (Å²) >= 11 is 0. The van der Waals surface area contributed by atoms with Crippen LogP contribution in [0.2, 0.25) is 0 Å². The van der Waals surface area contributed by atoms with Crippen molar-refractivity contribution in [2.45, 2.75) is 25.4 Å². The molecule has 1 saturated heterocycles. The van der Waals surface area contributed by atoms with Crippen LogP contribution >= 0.6 is 0 Å². The van der Waals surface area contributed by atoms with Gasteiger partial charge in [-0.1, -0.05) is 0 Å². The third kappa shape index (κ3) is 3.45. The minimum absolute atomic E-state index is 0.00968. The van der Waals surface area contributed by atoms with Gasteiger partial charge in [-0.2, -0.15) is 0 Å². The number of carbonyl (C=O) groups is 1. The Kier molecular flexibility index (Phi) is 4.77. The predicted molar refractivity (Wildman–Crippen MR) is 92.4 cm³/mol. The van der Waals surface area contributed by atoms with E-state index in [0.717, 1.165) is 11.1 Å². The minimum atomic E-state index is -0.457. The molecule has 0 spiro atoms. The smallest absolute Gasteiger partial charge is 0.269 e. The Labute approximate surface area is 149 Å². The number of piperidine rings is 1. The summed E-state index contributed by atoms with van der Waals surface area (Å²) in [5, 5.41) is 23.7. The van der Waals surface area contributed by atoms with Gasteiger partial charge < -0.3 is 5.32 Å². The molecule has 1 aliphatic heterocycles. The molecule has 3 rings (SSSR count). The molecule has 8 heteroatoms. The molecule has 0 radical (unpaired) electrons. The summed E-state index contributed by atoms with van der Waals surface area (Å²) in [5.41, 5.74) is 1.72. The van der Waals surface area contributed by atoms with Crippen LogP contribution in [0, 0.1) is 26.1 Å². The fourth-order valence-electron chi connectivity index (χ4n) is 3.38. The third-order valence-electron chi connectivity index (χ3n) is 4.93. The summed E-state index contributed by atoms with van der Waals surface area (Å²) in [6, 6.07) is 12.2. The first kappa shape index (κ1) is 17.7. The lowest BCUT2D eigenvalue weighted by Gasteiger charge is -2.32. The van der Waals surface area contributed by atoms with Crippen molar-refractivity contribution in [1.82, 2.24) is 0 Å². The molecule has 8 nitrogen and oxygen atoms in total. The molecule has 134 valence electrons. The van der Waals surface area contributed by atoms with Gasteiger partial charge in [-0.05, 0) is 31.2 Å². The highest BCUT2D eigenvalue weighted by atomic mass is 16.6. The third-order valence-corrected chi connectivity index (χ3v) is 4.93. The largest absolute Gasteiger partial charge is 0.333 e. The number of rotatable bonds is 4. The quantitative estimate of drug-likeness (QED) is 0.666. The summed E-state index contributed by atoms with van der Waals surface area (Å²) < 4.78 is 0. The maximum atomic E-state index is 12.5. The minimum Gasteiger partial charge on any atom is -0.333 e. The molecule has 2 aromatic carbocycles. The molecular weight excluding hydrogens is 338 g/mol. The van der Waals surface area contributed by atoms with Crippen molar-refractivity contribution in [2.75, 3.05) is 0 Å². The van der Waals surface area contributed by atoms with Gasteiger partial charge in [0.05, 0.1) is 22.2 Å². The maximum absolute atomic E-state index is 12.5. The van der Waals surface area contributed by atoms with Crippen LogP contribution in [-0.4, -0.2) is 15.6 Å². The van der Waals surface area contributed by atoms with E-state index in [4.69, 9.17) is 0 Å². The number of nitro groups is 2. The number of carbonyl (C=O) groups excluding carboxylic acids is 1. The summed E-state index contributed by atoms with van der Waals surface area (Å²) in [5.74, 6) is -0.107. The number of nitro benzene ring substituents is 2. The van der Waals surface area contributed by atoms with Crippen molar-refractivity contribution in [3.8, 4) is 0 Å². The van der Waals surface area contributed by atoms with Crippen LogP contribution in [0.1, 0.15) is 36.6 Å². The lowest BCUT2D eigenvalue weighted by molar-refractivity contribution is -0.742. The van der Waals surface area contributed by atoms with E-state index in [1.54, 1.807) is 24.3 Å². The Morgan fingerprint density at radius 2 is 1.35 bits per heavy atom.